The van der Waals surface area contributed by atoms with Gasteiger partial charge in [0.05, 0.1) is 33.7 Å². The van der Waals surface area contributed by atoms with E-state index in [1.54, 1.807) is 11.3 Å². The molecule has 0 atom stereocenters. The third-order valence-corrected chi connectivity index (χ3v) is 6.53. The predicted molar refractivity (Wildman–Crippen MR) is 130 cm³/mol. The van der Waals surface area contributed by atoms with Gasteiger partial charge in [-0.1, -0.05) is 36.4 Å². The normalized spacial score (nSPS) is 11.4. The number of hydrogen-bond acceptors (Lipinski definition) is 5. The van der Waals surface area contributed by atoms with Crippen molar-refractivity contribution in [2.24, 2.45) is 0 Å². The van der Waals surface area contributed by atoms with Crippen molar-refractivity contribution in [3.8, 4) is 10.4 Å². The summed E-state index contributed by atoms with van der Waals surface area (Å²) in [6.07, 6.45) is 1.86. The van der Waals surface area contributed by atoms with E-state index in [1.807, 2.05) is 12.3 Å². The fourth-order valence-corrected chi connectivity index (χ4v) is 4.91. The fraction of sp³-hybridized carbons (Fsp3) is 0.160. The number of aliphatic hydroxyl groups excluding tert-OH is 1. The number of nitrogens with one attached hydrogen (secondary N) is 3. The highest BCUT2D eigenvalue weighted by atomic mass is 32.1. The van der Waals surface area contributed by atoms with Crippen LogP contribution in [0.2, 0.25) is 0 Å². The lowest BCUT2D eigenvalue weighted by molar-refractivity contribution is 0.292. The molecule has 3 aromatic heterocycles. The number of pyridine rings is 1. The number of aliphatic hydroxyl groups is 1. The predicted octanol–water partition coefficient (Wildman–Crippen LogP) is 5.58. The zero-order valence-electron chi connectivity index (χ0n) is 17.3. The van der Waals surface area contributed by atoms with Crippen molar-refractivity contribution < 1.29 is 5.11 Å². The molecule has 0 radical (unpaired) electrons. The smallest absolute Gasteiger partial charge is 0.0837 e. The Kier molecular flexibility index (Phi) is 5.42. The quantitative estimate of drug-likeness (QED) is 0.255. The molecule has 0 aliphatic heterocycles. The molecule has 31 heavy (non-hydrogen) atoms. The molecule has 0 fully saturated rings. The SMILES string of the molecule is Cc1cc2cccc(Nc3ccnc4cc(-c5ccc(CNCCO)cc5)sc34)c2[nH]1. The molecule has 0 aliphatic carbocycles. The summed E-state index contributed by atoms with van der Waals surface area (Å²) < 4.78 is 1.14. The second-order valence-corrected chi connectivity index (χ2v) is 8.68. The van der Waals surface area contributed by atoms with Crippen LogP contribution in [-0.4, -0.2) is 28.2 Å². The van der Waals surface area contributed by atoms with Gasteiger partial charge < -0.3 is 20.7 Å². The summed E-state index contributed by atoms with van der Waals surface area (Å²) in [6, 6.07) is 21.2. The molecule has 4 N–H and O–H groups in total. The summed E-state index contributed by atoms with van der Waals surface area (Å²) in [7, 11) is 0. The fourth-order valence-electron chi connectivity index (χ4n) is 3.82. The van der Waals surface area contributed by atoms with E-state index in [0.717, 1.165) is 39.3 Å². The van der Waals surface area contributed by atoms with Crippen LogP contribution in [-0.2, 0) is 6.54 Å². The molecule has 0 amide bonds. The van der Waals surface area contributed by atoms with Crippen LogP contribution >= 0.6 is 11.3 Å². The number of aryl methyl sites for hydroxylation is 1. The first-order valence-corrected chi connectivity index (χ1v) is 11.2. The number of hydrogen-bond donors (Lipinski definition) is 4. The van der Waals surface area contributed by atoms with Crippen LogP contribution in [0.1, 0.15) is 11.3 Å². The highest BCUT2D eigenvalue weighted by Gasteiger charge is 2.11. The van der Waals surface area contributed by atoms with Gasteiger partial charge in [0, 0.05) is 35.2 Å². The van der Waals surface area contributed by atoms with Crippen LogP contribution in [0.5, 0.6) is 0 Å². The molecule has 0 spiro atoms. The van der Waals surface area contributed by atoms with Crippen LogP contribution in [0.4, 0.5) is 11.4 Å². The number of aromatic amines is 1. The van der Waals surface area contributed by atoms with E-state index in [1.165, 1.54) is 21.4 Å². The Labute approximate surface area is 184 Å². The van der Waals surface area contributed by atoms with Crippen molar-refractivity contribution in [2.45, 2.75) is 13.5 Å². The monoisotopic (exact) mass is 428 g/mol. The molecule has 0 saturated heterocycles. The summed E-state index contributed by atoms with van der Waals surface area (Å²) >= 11 is 1.75. The largest absolute Gasteiger partial charge is 0.395 e. The zero-order valence-corrected chi connectivity index (χ0v) is 18.1. The van der Waals surface area contributed by atoms with Gasteiger partial charge in [0.25, 0.3) is 0 Å². The van der Waals surface area contributed by atoms with E-state index < -0.39 is 0 Å². The van der Waals surface area contributed by atoms with Crippen LogP contribution in [0.3, 0.4) is 0 Å². The molecule has 5 rings (SSSR count). The lowest BCUT2D eigenvalue weighted by Gasteiger charge is -2.08. The number of fused-ring (bicyclic) bond motifs is 2. The lowest BCUT2D eigenvalue weighted by atomic mass is 10.1. The number of benzene rings is 2. The minimum absolute atomic E-state index is 0.154. The van der Waals surface area contributed by atoms with Gasteiger partial charge in [-0.3, -0.25) is 4.98 Å². The number of aromatic nitrogens is 2. The Balaban J connectivity index is 1.45. The van der Waals surface area contributed by atoms with Crippen molar-refractivity contribution in [3.63, 3.8) is 0 Å². The van der Waals surface area contributed by atoms with Crippen LogP contribution in [0.15, 0.2) is 66.9 Å². The third kappa shape index (κ3) is 4.05. The molecule has 5 aromatic rings. The van der Waals surface area contributed by atoms with E-state index in [-0.39, 0.29) is 6.61 Å². The molecule has 0 aliphatic rings. The number of para-hydroxylation sites is 1. The molecular weight excluding hydrogens is 404 g/mol. The van der Waals surface area contributed by atoms with Gasteiger partial charge in [-0.15, -0.1) is 11.3 Å². The Morgan fingerprint density at radius 2 is 1.90 bits per heavy atom. The number of nitrogens with zero attached hydrogens (tertiary/aromatic N) is 1. The maximum Gasteiger partial charge on any atom is 0.0837 e. The standard InChI is InChI=1S/C25H24N4OS/c1-16-13-19-3-2-4-20(24(19)28-16)29-21-9-10-27-22-14-23(31-25(21)22)18-7-5-17(6-8-18)15-26-11-12-30/h2-10,13-14,26,28,30H,11-12,15H2,1H3,(H,27,29). The highest BCUT2D eigenvalue weighted by Crippen LogP contribution is 2.38. The average Bonchev–Trinajstić information content (AvgIpc) is 3.38. The summed E-state index contributed by atoms with van der Waals surface area (Å²) in [6.45, 7) is 3.59. The maximum absolute atomic E-state index is 8.90. The van der Waals surface area contributed by atoms with Crippen molar-refractivity contribution >= 4 is 43.8 Å². The number of H-pyrrole nitrogens is 1. The summed E-state index contributed by atoms with van der Waals surface area (Å²) in [5.74, 6) is 0. The van der Waals surface area contributed by atoms with E-state index in [4.69, 9.17) is 5.11 Å². The number of rotatable bonds is 7. The minimum atomic E-state index is 0.154. The van der Waals surface area contributed by atoms with Crippen molar-refractivity contribution in [2.75, 3.05) is 18.5 Å². The van der Waals surface area contributed by atoms with Crippen LogP contribution in [0, 0.1) is 6.92 Å². The molecule has 0 bridgehead atoms. The van der Waals surface area contributed by atoms with Crippen LogP contribution in [0.25, 0.3) is 31.6 Å². The molecular formula is C25H24N4OS. The molecule has 156 valence electrons. The Morgan fingerprint density at radius 1 is 1.03 bits per heavy atom. The van der Waals surface area contributed by atoms with Gasteiger partial charge in [0.15, 0.2) is 0 Å². The number of anilines is 2. The second-order valence-electron chi connectivity index (χ2n) is 7.63. The van der Waals surface area contributed by atoms with E-state index >= 15 is 0 Å². The Bertz CT molecular complexity index is 1340. The van der Waals surface area contributed by atoms with Gasteiger partial charge >= 0.3 is 0 Å². The van der Waals surface area contributed by atoms with Gasteiger partial charge in [-0.05, 0) is 42.3 Å². The molecule has 3 heterocycles. The first kappa shape index (κ1) is 19.8. The topological polar surface area (TPSA) is 73.0 Å². The van der Waals surface area contributed by atoms with Gasteiger partial charge in [-0.2, -0.15) is 0 Å². The Morgan fingerprint density at radius 3 is 2.74 bits per heavy atom. The Hall–Kier alpha value is -3.19. The molecule has 6 heteroatoms. The average molecular weight is 429 g/mol. The third-order valence-electron chi connectivity index (χ3n) is 5.33. The van der Waals surface area contributed by atoms with E-state index in [2.05, 4.69) is 82.1 Å². The highest BCUT2D eigenvalue weighted by molar-refractivity contribution is 7.22. The summed E-state index contributed by atoms with van der Waals surface area (Å²) in [5.41, 5.74) is 7.77. The first-order chi connectivity index (χ1) is 15.2. The first-order valence-electron chi connectivity index (χ1n) is 10.4. The number of thiophene rings is 1. The van der Waals surface area contributed by atoms with Gasteiger partial charge in [0.2, 0.25) is 0 Å². The summed E-state index contributed by atoms with van der Waals surface area (Å²) in [5, 5.41) is 16.9. The lowest BCUT2D eigenvalue weighted by Crippen LogP contribution is -2.17. The van der Waals surface area contributed by atoms with Crippen molar-refractivity contribution in [1.29, 1.82) is 0 Å². The molecule has 5 nitrogen and oxygen atoms in total. The van der Waals surface area contributed by atoms with E-state index in [9.17, 15) is 0 Å². The van der Waals surface area contributed by atoms with Gasteiger partial charge in [-0.25, -0.2) is 0 Å². The maximum atomic E-state index is 8.90. The minimum Gasteiger partial charge on any atom is -0.395 e. The molecule has 2 aromatic carbocycles. The van der Waals surface area contributed by atoms with Crippen molar-refractivity contribution in [3.05, 3.63) is 78.1 Å². The van der Waals surface area contributed by atoms with Gasteiger partial charge in [0.1, 0.15) is 0 Å². The van der Waals surface area contributed by atoms with Crippen LogP contribution < -0.4 is 10.6 Å². The second kappa shape index (κ2) is 8.51. The molecule has 0 unspecified atom stereocenters. The zero-order chi connectivity index (χ0) is 21.2. The summed E-state index contributed by atoms with van der Waals surface area (Å²) in [4.78, 5) is 9.24. The van der Waals surface area contributed by atoms with E-state index in [0.29, 0.717) is 6.54 Å². The molecule has 0 saturated carbocycles. The van der Waals surface area contributed by atoms with Crippen molar-refractivity contribution in [1.82, 2.24) is 15.3 Å².